The van der Waals surface area contributed by atoms with E-state index in [1.165, 1.54) is 186 Å². The van der Waals surface area contributed by atoms with Crippen molar-refractivity contribution in [3.63, 3.8) is 0 Å². The third-order valence-electron chi connectivity index (χ3n) is 14.6. The first-order valence-corrected chi connectivity index (χ1v) is 33.7. The topological polar surface area (TPSA) is 78.9 Å². The maximum atomic E-state index is 12.9. The van der Waals surface area contributed by atoms with Gasteiger partial charge in [0, 0.05) is 19.3 Å². The van der Waals surface area contributed by atoms with Crippen molar-refractivity contribution in [1.29, 1.82) is 0 Å². The summed E-state index contributed by atoms with van der Waals surface area (Å²) in [4.78, 5) is 38.2. The molecular weight excluding hydrogens is 973 g/mol. The number of allylic oxidation sites excluding steroid dienone is 16. The summed E-state index contributed by atoms with van der Waals surface area (Å²) in [7, 11) is 0. The van der Waals surface area contributed by atoms with Crippen LogP contribution in [-0.4, -0.2) is 37.2 Å². The number of carbonyl (C=O) groups is 3. The number of hydrogen-bond acceptors (Lipinski definition) is 6. The molecule has 0 spiro atoms. The Kier molecular flexibility index (Phi) is 63.7. The number of ether oxygens (including phenoxy) is 3. The molecule has 0 amide bonds. The van der Waals surface area contributed by atoms with Gasteiger partial charge in [0.05, 0.1) is 0 Å². The van der Waals surface area contributed by atoms with Crippen LogP contribution in [-0.2, 0) is 28.6 Å². The van der Waals surface area contributed by atoms with E-state index in [-0.39, 0.29) is 31.1 Å². The highest BCUT2D eigenvalue weighted by molar-refractivity contribution is 5.71. The fourth-order valence-electron chi connectivity index (χ4n) is 9.54. The highest BCUT2D eigenvalue weighted by Gasteiger charge is 2.19. The summed E-state index contributed by atoms with van der Waals surface area (Å²) in [5.74, 6) is -0.870. The van der Waals surface area contributed by atoms with Gasteiger partial charge in [0.15, 0.2) is 6.10 Å². The van der Waals surface area contributed by atoms with E-state index in [4.69, 9.17) is 14.2 Å². The van der Waals surface area contributed by atoms with E-state index < -0.39 is 6.10 Å². The fourth-order valence-corrected chi connectivity index (χ4v) is 9.54. The minimum atomic E-state index is -0.777. The molecule has 454 valence electrons. The van der Waals surface area contributed by atoms with Crippen LogP contribution in [0.2, 0.25) is 0 Å². The molecule has 0 radical (unpaired) electrons. The molecule has 79 heavy (non-hydrogen) atoms. The Hall–Kier alpha value is -3.67. The first-order valence-electron chi connectivity index (χ1n) is 33.7. The Bertz CT molecular complexity index is 1540. The zero-order valence-corrected chi connectivity index (χ0v) is 52.1. The second kappa shape index (κ2) is 66.8. The summed E-state index contributed by atoms with van der Waals surface area (Å²) in [6.07, 6.45) is 90.1. The molecule has 0 aliphatic carbocycles. The van der Waals surface area contributed by atoms with Crippen molar-refractivity contribution in [3.05, 3.63) is 97.2 Å². The molecule has 6 heteroatoms. The largest absolute Gasteiger partial charge is 0.462 e. The third-order valence-corrected chi connectivity index (χ3v) is 14.6. The first kappa shape index (κ1) is 75.3. The van der Waals surface area contributed by atoms with Crippen LogP contribution in [0.5, 0.6) is 0 Å². The Morgan fingerprint density at radius 3 is 0.797 bits per heavy atom. The molecule has 0 rings (SSSR count). The molecule has 0 bridgehead atoms. The molecule has 1 atom stereocenters. The molecule has 0 aromatic heterocycles. The van der Waals surface area contributed by atoms with Gasteiger partial charge in [-0.3, -0.25) is 14.4 Å². The summed E-state index contributed by atoms with van der Waals surface area (Å²) < 4.78 is 16.9. The molecule has 0 aromatic rings. The van der Waals surface area contributed by atoms with Crippen molar-refractivity contribution in [2.24, 2.45) is 0 Å². The second-order valence-electron chi connectivity index (χ2n) is 22.4. The summed E-state index contributed by atoms with van der Waals surface area (Å²) >= 11 is 0. The van der Waals surface area contributed by atoms with Gasteiger partial charge in [-0.05, 0) is 103 Å². The lowest BCUT2D eigenvalue weighted by molar-refractivity contribution is -0.167. The summed E-state index contributed by atoms with van der Waals surface area (Å²) in [6, 6.07) is 0. The van der Waals surface area contributed by atoms with Crippen molar-refractivity contribution in [2.45, 2.75) is 335 Å². The van der Waals surface area contributed by atoms with E-state index in [0.29, 0.717) is 19.3 Å². The van der Waals surface area contributed by atoms with Gasteiger partial charge in [-0.15, -0.1) is 0 Å². The minimum Gasteiger partial charge on any atom is -0.462 e. The molecule has 0 aromatic carbocycles. The van der Waals surface area contributed by atoms with E-state index in [1.54, 1.807) is 0 Å². The fraction of sp³-hybridized carbons (Fsp3) is 0.740. The van der Waals surface area contributed by atoms with Crippen LogP contribution in [0.15, 0.2) is 97.2 Å². The molecule has 6 nitrogen and oxygen atoms in total. The molecule has 0 aliphatic heterocycles. The molecule has 0 fully saturated rings. The smallest absolute Gasteiger partial charge is 0.306 e. The maximum Gasteiger partial charge on any atom is 0.306 e. The van der Waals surface area contributed by atoms with Gasteiger partial charge >= 0.3 is 17.9 Å². The Morgan fingerprint density at radius 2 is 0.494 bits per heavy atom. The molecule has 0 aliphatic rings. The molecular formula is C73H126O6. The lowest BCUT2D eigenvalue weighted by atomic mass is 10.0. The summed E-state index contributed by atoms with van der Waals surface area (Å²) in [5.41, 5.74) is 0. The molecule has 0 saturated heterocycles. The van der Waals surface area contributed by atoms with Crippen molar-refractivity contribution in [3.8, 4) is 0 Å². The molecule has 0 heterocycles. The van der Waals surface area contributed by atoms with Crippen molar-refractivity contribution < 1.29 is 28.6 Å². The van der Waals surface area contributed by atoms with E-state index in [1.807, 2.05) is 0 Å². The average molecular weight is 1100 g/mol. The average Bonchev–Trinajstić information content (AvgIpc) is 3.45. The van der Waals surface area contributed by atoms with Crippen molar-refractivity contribution >= 4 is 17.9 Å². The number of rotatable bonds is 61. The number of carbonyl (C=O) groups excluding carboxylic acids is 3. The highest BCUT2D eigenvalue weighted by Crippen LogP contribution is 2.17. The number of esters is 3. The van der Waals surface area contributed by atoms with Crippen LogP contribution in [0.3, 0.4) is 0 Å². The predicted molar refractivity (Wildman–Crippen MR) is 344 cm³/mol. The molecule has 1 unspecified atom stereocenters. The summed E-state index contributed by atoms with van der Waals surface area (Å²) in [6.45, 7) is 6.51. The van der Waals surface area contributed by atoms with Gasteiger partial charge in [0.1, 0.15) is 13.2 Å². The predicted octanol–water partition coefficient (Wildman–Crippen LogP) is 23.2. The van der Waals surface area contributed by atoms with Crippen LogP contribution in [0, 0.1) is 0 Å². The lowest BCUT2D eigenvalue weighted by Crippen LogP contribution is -2.30. The minimum absolute atomic E-state index is 0.0750. The third kappa shape index (κ3) is 65.0. The van der Waals surface area contributed by atoms with Crippen LogP contribution >= 0.6 is 0 Å². The Labute approximate surface area is 489 Å². The van der Waals surface area contributed by atoms with E-state index in [9.17, 15) is 14.4 Å². The quantitative estimate of drug-likeness (QED) is 0.0261. The summed E-state index contributed by atoms with van der Waals surface area (Å²) in [5, 5.41) is 0. The number of unbranched alkanes of at least 4 members (excludes halogenated alkanes) is 34. The standard InChI is InChI=1S/C73H126O6/c1-4-7-10-13-16-19-21-23-25-27-29-30-31-32-33-34-35-36-37-38-39-40-41-42-44-45-47-49-51-54-57-60-63-66-72(75)78-69-70(68-77-71(74)65-62-59-56-53-18-15-12-9-6-3)79-73(76)67-64-61-58-55-52-50-48-46-43-28-26-24-22-20-17-14-11-8-5-2/h7,10,16-17,19-20,23-26,29-30,32-33,35-36,70H,4-6,8-9,11-15,18,21-22,27-28,31,34,37-69H2,1-3H3/b10-7-,19-16-,20-17-,25-23-,26-24-,30-29-,33-32-,36-35-. The normalized spacial score (nSPS) is 12.7. The van der Waals surface area contributed by atoms with Gasteiger partial charge in [0.25, 0.3) is 0 Å². The Morgan fingerprint density at radius 1 is 0.266 bits per heavy atom. The SMILES string of the molecule is CC/C=C\C/C=C\C/C=C\C/C=C\C/C=C\C/C=C\CCCCCCCCCCCCCCCCC(=O)OCC(COC(=O)CCCCCCCCCCC)OC(=O)CCCCCCCCCCC/C=C\C/C=C\CCCCC. The van der Waals surface area contributed by atoms with Crippen LogP contribution in [0.1, 0.15) is 329 Å². The van der Waals surface area contributed by atoms with Gasteiger partial charge in [0.2, 0.25) is 0 Å². The lowest BCUT2D eigenvalue weighted by Gasteiger charge is -2.18. The van der Waals surface area contributed by atoms with E-state index in [2.05, 4.69) is 118 Å². The molecule has 0 saturated carbocycles. The van der Waals surface area contributed by atoms with Gasteiger partial charge < -0.3 is 14.2 Å². The van der Waals surface area contributed by atoms with Crippen molar-refractivity contribution in [1.82, 2.24) is 0 Å². The van der Waals surface area contributed by atoms with Gasteiger partial charge in [-0.25, -0.2) is 0 Å². The van der Waals surface area contributed by atoms with Crippen LogP contribution < -0.4 is 0 Å². The Balaban J connectivity index is 4.12. The van der Waals surface area contributed by atoms with Crippen LogP contribution in [0.25, 0.3) is 0 Å². The van der Waals surface area contributed by atoms with Gasteiger partial charge in [-0.1, -0.05) is 304 Å². The first-order chi connectivity index (χ1) is 39.0. The second-order valence-corrected chi connectivity index (χ2v) is 22.4. The molecule has 0 N–H and O–H groups in total. The maximum absolute atomic E-state index is 12.9. The number of hydrogen-bond donors (Lipinski definition) is 0. The van der Waals surface area contributed by atoms with E-state index in [0.717, 1.165) is 103 Å². The highest BCUT2D eigenvalue weighted by atomic mass is 16.6. The zero-order valence-electron chi connectivity index (χ0n) is 52.1. The van der Waals surface area contributed by atoms with E-state index >= 15 is 0 Å². The zero-order chi connectivity index (χ0) is 57.1. The van der Waals surface area contributed by atoms with Crippen molar-refractivity contribution in [2.75, 3.05) is 13.2 Å². The van der Waals surface area contributed by atoms with Gasteiger partial charge in [-0.2, -0.15) is 0 Å². The monoisotopic (exact) mass is 1100 g/mol. The van der Waals surface area contributed by atoms with Crippen LogP contribution in [0.4, 0.5) is 0 Å².